The Morgan fingerprint density at radius 1 is 1.17 bits per heavy atom. The lowest BCUT2D eigenvalue weighted by atomic mass is 9.87. The number of amides is 2. The summed E-state index contributed by atoms with van der Waals surface area (Å²) in [4.78, 5) is 28.4. The summed E-state index contributed by atoms with van der Waals surface area (Å²) in [6.07, 6.45) is 1.58. The summed E-state index contributed by atoms with van der Waals surface area (Å²) in [5.74, 6) is -0.0847. The van der Waals surface area contributed by atoms with Gasteiger partial charge in [0.15, 0.2) is 0 Å². The first-order valence-electron chi connectivity index (χ1n) is 9.83. The van der Waals surface area contributed by atoms with Crippen LogP contribution in [0.5, 0.6) is 0 Å². The summed E-state index contributed by atoms with van der Waals surface area (Å²) in [5.41, 5.74) is 7.61. The lowest BCUT2D eigenvalue weighted by molar-refractivity contribution is -0.135. The smallest absolute Gasteiger partial charge is 0.236 e. The molecule has 2 N–H and O–H groups in total. The lowest BCUT2D eigenvalue weighted by Crippen LogP contribution is -2.47. The van der Waals surface area contributed by atoms with E-state index in [-0.39, 0.29) is 29.6 Å². The number of halogens is 1. The molecular weight excluding hydrogens is 410 g/mol. The van der Waals surface area contributed by atoms with E-state index in [0.717, 1.165) is 31.6 Å². The maximum Gasteiger partial charge on any atom is 0.236 e. The number of primary amides is 1. The number of carbonyl (C=O) groups excluding carboxylic acids is 2. The van der Waals surface area contributed by atoms with Gasteiger partial charge in [-0.2, -0.15) is 0 Å². The third-order valence-electron chi connectivity index (χ3n) is 5.99. The van der Waals surface area contributed by atoms with E-state index in [1.165, 1.54) is 17.1 Å². The summed E-state index contributed by atoms with van der Waals surface area (Å²) in [5, 5.41) is 6.99. The number of benzene rings is 1. The Morgan fingerprint density at radius 2 is 1.93 bits per heavy atom. The summed E-state index contributed by atoms with van der Waals surface area (Å²) < 4.78 is 4.03. The first-order valence-corrected chi connectivity index (χ1v) is 11.0. The number of piperidine rings is 1. The van der Waals surface area contributed by atoms with Crippen LogP contribution in [0.1, 0.15) is 35.9 Å². The zero-order valence-corrected chi connectivity index (χ0v) is 17.6. The first kappa shape index (κ1) is 20.3. The van der Waals surface area contributed by atoms with Crippen molar-refractivity contribution < 1.29 is 9.59 Å². The number of likely N-dealkylation sites (tertiary alicyclic amines) is 2. The first-order chi connectivity index (χ1) is 14.0. The molecule has 0 radical (unpaired) electrons. The second-order valence-electron chi connectivity index (χ2n) is 7.87. The number of carbonyl (C=O) groups is 2. The molecule has 154 valence electrons. The number of hydrogen-bond acceptors (Lipinski definition) is 6. The molecule has 2 amide bonds. The van der Waals surface area contributed by atoms with Gasteiger partial charge in [0.2, 0.25) is 11.8 Å². The Bertz CT molecular complexity index is 860. The Balaban J connectivity index is 1.46. The average molecular weight is 434 g/mol. The molecule has 2 aliphatic heterocycles. The zero-order valence-electron chi connectivity index (χ0n) is 16.0. The molecule has 0 aliphatic carbocycles. The fourth-order valence-electron chi connectivity index (χ4n) is 4.42. The van der Waals surface area contributed by atoms with Gasteiger partial charge in [-0.1, -0.05) is 28.2 Å². The van der Waals surface area contributed by atoms with Crippen molar-refractivity contribution in [3.05, 3.63) is 45.9 Å². The van der Waals surface area contributed by atoms with Crippen molar-refractivity contribution in [2.75, 3.05) is 32.7 Å². The second-order valence-corrected chi connectivity index (χ2v) is 8.92. The SMILES string of the molecule is NC(=O)[C@@H]1CCCN(C(=O)CN2C[C@H](c3ccc(Cl)cc3)[C@@H](c3csnn3)C2)C1. The van der Waals surface area contributed by atoms with Gasteiger partial charge < -0.3 is 10.6 Å². The Morgan fingerprint density at radius 3 is 2.62 bits per heavy atom. The fourth-order valence-corrected chi connectivity index (χ4v) is 5.07. The van der Waals surface area contributed by atoms with Crippen molar-refractivity contribution in [3.63, 3.8) is 0 Å². The molecule has 3 heterocycles. The number of rotatable bonds is 5. The molecule has 0 unspecified atom stereocenters. The van der Waals surface area contributed by atoms with Crippen LogP contribution in [0, 0.1) is 5.92 Å². The van der Waals surface area contributed by atoms with Gasteiger partial charge in [-0.3, -0.25) is 14.5 Å². The molecule has 2 saturated heterocycles. The van der Waals surface area contributed by atoms with E-state index in [2.05, 4.69) is 14.5 Å². The zero-order chi connectivity index (χ0) is 20.4. The van der Waals surface area contributed by atoms with Crippen LogP contribution in [0.2, 0.25) is 5.02 Å². The lowest BCUT2D eigenvalue weighted by Gasteiger charge is -2.32. The third-order valence-corrected chi connectivity index (χ3v) is 6.76. The van der Waals surface area contributed by atoms with Crippen LogP contribution in [-0.2, 0) is 9.59 Å². The van der Waals surface area contributed by atoms with Gasteiger partial charge in [0.1, 0.15) is 0 Å². The van der Waals surface area contributed by atoms with Crippen molar-refractivity contribution >= 4 is 34.9 Å². The minimum atomic E-state index is -0.317. The number of aromatic nitrogens is 2. The van der Waals surface area contributed by atoms with Gasteiger partial charge in [-0.15, -0.1) is 5.10 Å². The summed E-state index contributed by atoms with van der Waals surface area (Å²) in [7, 11) is 0. The standard InChI is InChI=1S/C20H24ClN5O2S/c21-15-5-3-13(4-6-15)16-9-25(10-17(16)18-12-29-24-23-18)11-19(27)26-7-1-2-14(8-26)20(22)28/h3-6,12,14,16-17H,1-2,7-11H2,(H2,22,28)/t14-,16-,17+/m1/s1. The van der Waals surface area contributed by atoms with Gasteiger partial charge in [-0.25, -0.2) is 0 Å². The third kappa shape index (κ3) is 4.60. The monoisotopic (exact) mass is 433 g/mol. The molecule has 0 spiro atoms. The Labute approximate surface area is 179 Å². The molecule has 0 saturated carbocycles. The quantitative estimate of drug-likeness (QED) is 0.779. The molecule has 1 aromatic heterocycles. The van der Waals surface area contributed by atoms with E-state index < -0.39 is 0 Å². The highest BCUT2D eigenvalue weighted by Crippen LogP contribution is 2.39. The van der Waals surface area contributed by atoms with Crippen LogP contribution < -0.4 is 5.73 Å². The molecule has 2 aromatic rings. The summed E-state index contributed by atoms with van der Waals surface area (Å²) >= 11 is 7.40. The summed E-state index contributed by atoms with van der Waals surface area (Å²) in [6.45, 7) is 2.97. The Hall–Kier alpha value is -2.03. The van der Waals surface area contributed by atoms with Crippen LogP contribution in [0.3, 0.4) is 0 Å². The van der Waals surface area contributed by atoms with Gasteiger partial charge in [-0.05, 0) is 42.1 Å². The van der Waals surface area contributed by atoms with Crippen LogP contribution in [-0.4, -0.2) is 63.9 Å². The number of nitrogens with zero attached hydrogens (tertiary/aromatic N) is 4. The molecule has 7 nitrogen and oxygen atoms in total. The molecule has 4 rings (SSSR count). The number of nitrogens with two attached hydrogens (primary N) is 1. The van der Waals surface area contributed by atoms with Gasteiger partial charge in [0.05, 0.1) is 18.2 Å². The van der Waals surface area contributed by atoms with E-state index in [9.17, 15) is 9.59 Å². The highest BCUT2D eigenvalue weighted by molar-refractivity contribution is 7.03. The molecule has 9 heteroatoms. The van der Waals surface area contributed by atoms with Crippen molar-refractivity contribution in [1.29, 1.82) is 0 Å². The van der Waals surface area contributed by atoms with Gasteiger partial charge in [0, 0.05) is 48.4 Å². The van der Waals surface area contributed by atoms with Crippen LogP contribution in [0.4, 0.5) is 0 Å². The highest BCUT2D eigenvalue weighted by Gasteiger charge is 2.38. The van der Waals surface area contributed by atoms with E-state index >= 15 is 0 Å². The van der Waals surface area contributed by atoms with E-state index in [4.69, 9.17) is 17.3 Å². The largest absolute Gasteiger partial charge is 0.369 e. The van der Waals surface area contributed by atoms with Crippen molar-refractivity contribution in [2.24, 2.45) is 11.7 Å². The molecule has 3 atom stereocenters. The second kappa shape index (κ2) is 8.77. The maximum absolute atomic E-state index is 12.9. The van der Waals surface area contributed by atoms with E-state index in [1.54, 1.807) is 4.90 Å². The Kier molecular flexibility index (Phi) is 6.12. The van der Waals surface area contributed by atoms with Crippen LogP contribution in [0.25, 0.3) is 0 Å². The molecular formula is C20H24ClN5O2S. The molecule has 0 bridgehead atoms. The van der Waals surface area contributed by atoms with Crippen LogP contribution in [0.15, 0.2) is 29.6 Å². The van der Waals surface area contributed by atoms with Crippen molar-refractivity contribution in [2.45, 2.75) is 24.7 Å². The van der Waals surface area contributed by atoms with Gasteiger partial charge >= 0.3 is 0 Å². The topological polar surface area (TPSA) is 92.4 Å². The summed E-state index contributed by atoms with van der Waals surface area (Å²) in [6, 6.07) is 7.90. The molecule has 29 heavy (non-hydrogen) atoms. The predicted octanol–water partition coefficient (Wildman–Crippen LogP) is 2.10. The van der Waals surface area contributed by atoms with Crippen molar-refractivity contribution in [3.8, 4) is 0 Å². The van der Waals surface area contributed by atoms with E-state index in [0.29, 0.717) is 24.7 Å². The minimum absolute atomic E-state index is 0.0582. The number of hydrogen-bond donors (Lipinski definition) is 1. The van der Waals surface area contributed by atoms with Crippen LogP contribution >= 0.6 is 23.1 Å². The normalized spacial score (nSPS) is 25.3. The van der Waals surface area contributed by atoms with Crippen molar-refractivity contribution in [1.82, 2.24) is 19.4 Å². The van der Waals surface area contributed by atoms with Gasteiger partial charge in [0.25, 0.3) is 0 Å². The molecule has 1 aromatic carbocycles. The molecule has 2 aliphatic rings. The highest BCUT2D eigenvalue weighted by atomic mass is 35.5. The minimum Gasteiger partial charge on any atom is -0.369 e. The van der Waals surface area contributed by atoms with E-state index in [1.807, 2.05) is 29.6 Å². The average Bonchev–Trinajstić information content (AvgIpc) is 3.38. The fraction of sp³-hybridized carbons (Fsp3) is 0.500. The molecule has 2 fully saturated rings. The predicted molar refractivity (Wildman–Crippen MR) is 112 cm³/mol. The maximum atomic E-state index is 12.9.